The van der Waals surface area contributed by atoms with Crippen molar-refractivity contribution in [1.82, 2.24) is 0 Å². The van der Waals surface area contributed by atoms with E-state index in [4.69, 9.17) is 16.3 Å². The average Bonchev–Trinajstić information content (AvgIpc) is 3.02. The Morgan fingerprint density at radius 3 is 2.32 bits per heavy atom. The maximum atomic E-state index is 13.4. The second kappa shape index (κ2) is 7.46. The largest absolute Gasteiger partial charge is 0.573 e. The Morgan fingerprint density at radius 2 is 1.79 bits per heavy atom. The van der Waals surface area contributed by atoms with E-state index in [2.05, 4.69) is 4.74 Å². The van der Waals surface area contributed by atoms with Crippen molar-refractivity contribution in [3.8, 4) is 5.75 Å². The smallest absolute Gasteiger partial charge is 0.461 e. The number of benzene rings is 1. The van der Waals surface area contributed by atoms with E-state index >= 15 is 0 Å². The van der Waals surface area contributed by atoms with Gasteiger partial charge in [0.25, 0.3) is 0 Å². The molecule has 0 N–H and O–H groups in total. The summed E-state index contributed by atoms with van der Waals surface area (Å²) in [5.74, 6) is -4.50. The third-order valence-electron chi connectivity index (χ3n) is 4.31. The molecule has 1 aliphatic carbocycles. The van der Waals surface area contributed by atoms with Crippen LogP contribution >= 0.6 is 11.6 Å². The molecule has 2 rings (SSSR count). The Kier molecular flexibility index (Phi) is 5.94. The monoisotopic (exact) mass is 434 g/mol. The molecule has 0 saturated heterocycles. The van der Waals surface area contributed by atoms with E-state index in [0.29, 0.717) is 6.07 Å². The van der Waals surface area contributed by atoms with E-state index in [1.54, 1.807) is 0 Å². The van der Waals surface area contributed by atoms with Gasteiger partial charge in [0.15, 0.2) is 0 Å². The molecule has 0 aromatic heterocycles. The van der Waals surface area contributed by atoms with Gasteiger partial charge >= 0.3 is 18.5 Å². The molecule has 11 heteroatoms. The van der Waals surface area contributed by atoms with Gasteiger partial charge in [-0.05, 0) is 29.0 Å². The van der Waals surface area contributed by atoms with Gasteiger partial charge in [0, 0.05) is 6.07 Å². The van der Waals surface area contributed by atoms with Gasteiger partial charge in [-0.15, -0.1) is 13.2 Å². The van der Waals surface area contributed by atoms with E-state index < -0.39 is 59.0 Å². The summed E-state index contributed by atoms with van der Waals surface area (Å²) in [6, 6.07) is 2.18. The van der Waals surface area contributed by atoms with E-state index in [-0.39, 0.29) is 5.56 Å². The van der Waals surface area contributed by atoms with Crippen molar-refractivity contribution >= 4 is 17.6 Å². The number of carbonyl (C=O) groups is 1. The van der Waals surface area contributed by atoms with E-state index in [1.165, 1.54) is 13.8 Å². The third kappa shape index (κ3) is 5.52. The van der Waals surface area contributed by atoms with Crippen LogP contribution in [0.1, 0.15) is 19.4 Å². The molecule has 2 atom stereocenters. The highest BCUT2D eigenvalue weighted by atomic mass is 35.5. The normalized spacial score (nSPS) is 22.0. The van der Waals surface area contributed by atoms with Crippen LogP contribution in [0, 0.1) is 23.1 Å². The maximum absolute atomic E-state index is 13.4. The zero-order valence-electron chi connectivity index (χ0n) is 14.4. The molecule has 0 amide bonds. The van der Waals surface area contributed by atoms with Gasteiger partial charge in [0.05, 0.1) is 5.92 Å². The molecule has 1 fully saturated rings. The quantitative estimate of drug-likeness (QED) is 0.439. The van der Waals surface area contributed by atoms with Gasteiger partial charge in [-0.25, -0.2) is 4.39 Å². The lowest BCUT2D eigenvalue weighted by atomic mass is 10.1. The minimum absolute atomic E-state index is 0.119. The van der Waals surface area contributed by atoms with Crippen LogP contribution in [0.4, 0.5) is 30.7 Å². The molecule has 1 aromatic rings. The van der Waals surface area contributed by atoms with Crippen molar-refractivity contribution in [3.05, 3.63) is 40.7 Å². The summed E-state index contributed by atoms with van der Waals surface area (Å²) in [6.07, 6.45) is -9.05. The summed E-state index contributed by atoms with van der Waals surface area (Å²) in [7, 11) is 0. The van der Waals surface area contributed by atoms with Gasteiger partial charge < -0.3 is 9.47 Å². The standard InChI is InChI=1S/C17H14ClF7O3/c1-15(2)11(6-12(18)16(20,21)22)13(15)14(26)27-7-8-3-9(19)5-10(4-8)28-17(23,24)25/h3-6,11,13H,7H2,1-2H3. The Hall–Kier alpha value is -1.97. The Bertz CT molecular complexity index is 784. The van der Waals surface area contributed by atoms with E-state index in [0.717, 1.165) is 18.2 Å². The molecule has 156 valence electrons. The van der Waals surface area contributed by atoms with Crippen LogP contribution < -0.4 is 4.74 Å². The average molecular weight is 435 g/mol. The number of ether oxygens (including phenoxy) is 2. The van der Waals surface area contributed by atoms with Crippen LogP contribution in [0.2, 0.25) is 0 Å². The lowest BCUT2D eigenvalue weighted by molar-refractivity contribution is -0.274. The van der Waals surface area contributed by atoms with Gasteiger partial charge in [0.1, 0.15) is 23.2 Å². The van der Waals surface area contributed by atoms with Crippen molar-refractivity contribution in [2.75, 3.05) is 0 Å². The Balaban J connectivity index is 2.05. The minimum atomic E-state index is -5.03. The molecule has 0 aliphatic heterocycles. The minimum Gasteiger partial charge on any atom is -0.461 e. The molecule has 28 heavy (non-hydrogen) atoms. The van der Waals surface area contributed by atoms with Crippen molar-refractivity contribution in [3.63, 3.8) is 0 Å². The summed E-state index contributed by atoms with van der Waals surface area (Å²) in [5, 5.41) is -1.36. The summed E-state index contributed by atoms with van der Waals surface area (Å²) in [4.78, 5) is 12.2. The highest BCUT2D eigenvalue weighted by molar-refractivity contribution is 6.30. The number of hydrogen-bond acceptors (Lipinski definition) is 3. The molecular formula is C17H14ClF7O3. The molecule has 1 aromatic carbocycles. The number of carbonyl (C=O) groups excluding carboxylic acids is 1. The first-order chi connectivity index (χ1) is 12.6. The molecule has 0 radical (unpaired) electrons. The Labute approximate surface area is 160 Å². The second-order valence-corrected chi connectivity index (χ2v) is 7.20. The van der Waals surface area contributed by atoms with Crippen LogP contribution in [-0.2, 0) is 16.1 Å². The Morgan fingerprint density at radius 1 is 1.18 bits per heavy atom. The number of alkyl halides is 6. The molecule has 0 heterocycles. The summed E-state index contributed by atoms with van der Waals surface area (Å²) in [6.45, 7) is 2.50. The second-order valence-electron chi connectivity index (χ2n) is 6.79. The lowest BCUT2D eigenvalue weighted by Gasteiger charge is -2.11. The van der Waals surface area contributed by atoms with E-state index in [1.807, 2.05) is 0 Å². The molecule has 3 nitrogen and oxygen atoms in total. The number of esters is 1. The van der Waals surface area contributed by atoms with Crippen LogP contribution in [0.3, 0.4) is 0 Å². The summed E-state index contributed by atoms with van der Waals surface area (Å²) < 4.78 is 96.2. The third-order valence-corrected chi connectivity index (χ3v) is 4.65. The highest BCUT2D eigenvalue weighted by Gasteiger charge is 2.62. The van der Waals surface area contributed by atoms with E-state index in [9.17, 15) is 35.5 Å². The van der Waals surface area contributed by atoms with Crippen LogP contribution in [0.25, 0.3) is 0 Å². The molecule has 1 saturated carbocycles. The van der Waals surface area contributed by atoms with Crippen molar-refractivity contribution in [2.45, 2.75) is 33.0 Å². The SMILES string of the molecule is CC1(C)C(C=C(Cl)C(F)(F)F)C1C(=O)OCc1cc(F)cc(OC(F)(F)F)c1. The first kappa shape index (κ1) is 22.3. The van der Waals surface area contributed by atoms with Gasteiger partial charge in [-0.3, -0.25) is 4.79 Å². The van der Waals surface area contributed by atoms with Gasteiger partial charge in [0.2, 0.25) is 0 Å². The number of hydrogen-bond donors (Lipinski definition) is 0. The number of rotatable bonds is 5. The lowest BCUT2D eigenvalue weighted by Crippen LogP contribution is -2.17. The van der Waals surface area contributed by atoms with Crippen LogP contribution in [0.5, 0.6) is 5.75 Å². The predicted molar refractivity (Wildman–Crippen MR) is 83.6 cm³/mol. The van der Waals surface area contributed by atoms with Gasteiger partial charge in [-0.1, -0.05) is 31.5 Å². The zero-order chi connectivity index (χ0) is 21.5. The molecular weight excluding hydrogens is 421 g/mol. The van der Waals surface area contributed by atoms with Crippen molar-refractivity contribution < 1.29 is 45.0 Å². The van der Waals surface area contributed by atoms with Crippen molar-refractivity contribution in [2.24, 2.45) is 17.3 Å². The fraction of sp³-hybridized carbons (Fsp3) is 0.471. The molecule has 0 spiro atoms. The fourth-order valence-corrected chi connectivity index (χ4v) is 2.97. The fourth-order valence-electron chi connectivity index (χ4n) is 2.83. The summed E-state index contributed by atoms with van der Waals surface area (Å²) >= 11 is 5.19. The van der Waals surface area contributed by atoms with Gasteiger partial charge in [-0.2, -0.15) is 13.2 Å². The van der Waals surface area contributed by atoms with Crippen LogP contribution in [0.15, 0.2) is 29.3 Å². The molecule has 0 bridgehead atoms. The molecule has 2 unspecified atom stereocenters. The first-order valence-corrected chi connectivity index (χ1v) is 8.15. The number of allylic oxidation sites excluding steroid dienone is 2. The zero-order valence-corrected chi connectivity index (χ0v) is 15.2. The first-order valence-electron chi connectivity index (χ1n) is 7.77. The highest BCUT2D eigenvalue weighted by Crippen LogP contribution is 2.60. The van der Waals surface area contributed by atoms with Crippen molar-refractivity contribution in [1.29, 1.82) is 0 Å². The maximum Gasteiger partial charge on any atom is 0.573 e. The topological polar surface area (TPSA) is 35.5 Å². The summed E-state index contributed by atoms with van der Waals surface area (Å²) in [5.41, 5.74) is -0.971. The van der Waals surface area contributed by atoms with Crippen LogP contribution in [-0.4, -0.2) is 18.5 Å². The number of halogens is 8. The predicted octanol–water partition coefficient (Wildman–Crippen LogP) is 5.72. The molecule has 1 aliphatic rings.